The Kier molecular flexibility index (Phi) is 2.07. The third-order valence-corrected chi connectivity index (χ3v) is 2.30. The van der Waals surface area contributed by atoms with E-state index in [0.717, 1.165) is 12.8 Å². The van der Waals surface area contributed by atoms with Crippen molar-refractivity contribution in [2.24, 2.45) is 0 Å². The van der Waals surface area contributed by atoms with Crippen LogP contribution in [-0.2, 0) is 0 Å². The second-order valence-corrected chi connectivity index (χ2v) is 3.41. The van der Waals surface area contributed by atoms with E-state index in [0.29, 0.717) is 11.9 Å². The number of aromatic carboxylic acids is 1. The first-order chi connectivity index (χ1) is 6.68. The number of nitrogens with zero attached hydrogens (tertiary/aromatic N) is 3. The standard InChI is InChI=1S/C9H11N3O2/c1-12(6-2-3-6)8-5-10-4-7(11-8)9(13)14/h4-6H,2-3H2,1H3,(H,13,14). The monoisotopic (exact) mass is 193 g/mol. The lowest BCUT2D eigenvalue weighted by molar-refractivity contribution is 0.0690. The highest BCUT2D eigenvalue weighted by atomic mass is 16.4. The van der Waals surface area contributed by atoms with E-state index in [1.165, 1.54) is 6.20 Å². The third-order valence-electron chi connectivity index (χ3n) is 2.30. The fourth-order valence-corrected chi connectivity index (χ4v) is 1.28. The van der Waals surface area contributed by atoms with Crippen molar-refractivity contribution in [1.29, 1.82) is 0 Å². The van der Waals surface area contributed by atoms with Gasteiger partial charge in [-0.25, -0.2) is 9.78 Å². The van der Waals surface area contributed by atoms with Gasteiger partial charge in [-0.15, -0.1) is 0 Å². The lowest BCUT2D eigenvalue weighted by atomic mass is 10.4. The lowest BCUT2D eigenvalue weighted by Gasteiger charge is -2.16. The lowest BCUT2D eigenvalue weighted by Crippen LogP contribution is -2.21. The van der Waals surface area contributed by atoms with Crippen LogP contribution in [-0.4, -0.2) is 34.1 Å². The first-order valence-corrected chi connectivity index (χ1v) is 4.46. The minimum atomic E-state index is -1.04. The number of aromatic nitrogens is 2. The van der Waals surface area contributed by atoms with Gasteiger partial charge in [0.25, 0.3) is 0 Å². The summed E-state index contributed by atoms with van der Waals surface area (Å²) in [5, 5.41) is 8.72. The topological polar surface area (TPSA) is 66.3 Å². The van der Waals surface area contributed by atoms with Crippen molar-refractivity contribution >= 4 is 11.8 Å². The first kappa shape index (κ1) is 8.93. The quantitative estimate of drug-likeness (QED) is 0.768. The zero-order chi connectivity index (χ0) is 10.1. The largest absolute Gasteiger partial charge is 0.476 e. The van der Waals surface area contributed by atoms with Crippen molar-refractivity contribution in [1.82, 2.24) is 9.97 Å². The molecular weight excluding hydrogens is 182 g/mol. The van der Waals surface area contributed by atoms with E-state index >= 15 is 0 Å². The molecule has 0 bridgehead atoms. The van der Waals surface area contributed by atoms with Crippen LogP contribution in [0.25, 0.3) is 0 Å². The van der Waals surface area contributed by atoms with Crippen LogP contribution >= 0.6 is 0 Å². The number of carbonyl (C=O) groups is 1. The van der Waals surface area contributed by atoms with E-state index in [-0.39, 0.29) is 5.69 Å². The van der Waals surface area contributed by atoms with Crippen LogP contribution in [0.5, 0.6) is 0 Å². The fraction of sp³-hybridized carbons (Fsp3) is 0.444. The minimum absolute atomic E-state index is 0.00463. The maximum Gasteiger partial charge on any atom is 0.356 e. The molecule has 0 aromatic carbocycles. The van der Waals surface area contributed by atoms with E-state index in [2.05, 4.69) is 9.97 Å². The molecule has 0 spiro atoms. The van der Waals surface area contributed by atoms with Crippen LogP contribution in [0.1, 0.15) is 23.3 Å². The second kappa shape index (κ2) is 3.25. The van der Waals surface area contributed by atoms with Gasteiger partial charge in [0.05, 0.1) is 12.4 Å². The second-order valence-electron chi connectivity index (χ2n) is 3.41. The van der Waals surface area contributed by atoms with Gasteiger partial charge >= 0.3 is 5.97 Å². The van der Waals surface area contributed by atoms with Gasteiger partial charge in [-0.2, -0.15) is 0 Å². The number of hydrogen-bond acceptors (Lipinski definition) is 4. The number of carboxylic acid groups (broad SMARTS) is 1. The van der Waals surface area contributed by atoms with Crippen molar-refractivity contribution in [3.05, 3.63) is 18.1 Å². The summed E-state index contributed by atoms with van der Waals surface area (Å²) in [6, 6.07) is 0.508. The highest BCUT2D eigenvalue weighted by Gasteiger charge is 2.27. The van der Waals surface area contributed by atoms with Gasteiger partial charge < -0.3 is 10.0 Å². The summed E-state index contributed by atoms with van der Waals surface area (Å²) in [6.45, 7) is 0. The smallest absolute Gasteiger partial charge is 0.356 e. The molecule has 0 unspecified atom stereocenters. The molecule has 1 aliphatic carbocycles. The van der Waals surface area contributed by atoms with Gasteiger partial charge in [0.1, 0.15) is 5.82 Å². The van der Waals surface area contributed by atoms with Crippen molar-refractivity contribution in [3.63, 3.8) is 0 Å². The van der Waals surface area contributed by atoms with E-state index in [1.54, 1.807) is 6.20 Å². The molecule has 0 atom stereocenters. The molecule has 1 fully saturated rings. The van der Waals surface area contributed by atoms with Gasteiger partial charge in [-0.3, -0.25) is 4.98 Å². The van der Waals surface area contributed by atoms with E-state index < -0.39 is 5.97 Å². The average Bonchev–Trinajstić information content (AvgIpc) is 3.00. The molecule has 2 rings (SSSR count). The van der Waals surface area contributed by atoms with Crippen LogP contribution < -0.4 is 4.90 Å². The van der Waals surface area contributed by atoms with Gasteiger partial charge in [-0.1, -0.05) is 0 Å². The zero-order valence-corrected chi connectivity index (χ0v) is 7.84. The van der Waals surface area contributed by atoms with Gasteiger partial charge in [0.15, 0.2) is 5.69 Å². The first-order valence-electron chi connectivity index (χ1n) is 4.46. The summed E-state index contributed by atoms with van der Waals surface area (Å²) < 4.78 is 0. The number of carboxylic acids is 1. The number of anilines is 1. The maximum atomic E-state index is 10.6. The maximum absolute atomic E-state index is 10.6. The van der Waals surface area contributed by atoms with E-state index in [4.69, 9.17) is 5.11 Å². The predicted octanol–water partition coefficient (Wildman–Crippen LogP) is 0.773. The number of rotatable bonds is 3. The molecule has 14 heavy (non-hydrogen) atoms. The molecule has 1 aliphatic rings. The Labute approximate surface area is 81.4 Å². The molecule has 0 amide bonds. The number of hydrogen-bond donors (Lipinski definition) is 1. The molecule has 74 valence electrons. The van der Waals surface area contributed by atoms with Crippen molar-refractivity contribution in [2.45, 2.75) is 18.9 Å². The molecule has 5 heteroatoms. The summed E-state index contributed by atoms with van der Waals surface area (Å²) in [4.78, 5) is 20.5. The van der Waals surface area contributed by atoms with Crippen molar-refractivity contribution < 1.29 is 9.90 Å². The van der Waals surface area contributed by atoms with Crippen LogP contribution in [0.15, 0.2) is 12.4 Å². The molecule has 1 aromatic rings. The Hall–Kier alpha value is -1.65. The Morgan fingerprint density at radius 1 is 1.57 bits per heavy atom. The third kappa shape index (κ3) is 1.66. The summed E-state index contributed by atoms with van der Waals surface area (Å²) in [5.74, 6) is -0.407. The fourth-order valence-electron chi connectivity index (χ4n) is 1.28. The summed E-state index contributed by atoms with van der Waals surface area (Å²) in [5.41, 5.74) is -0.00463. The van der Waals surface area contributed by atoms with Gasteiger partial charge in [0, 0.05) is 13.1 Å². The van der Waals surface area contributed by atoms with Crippen molar-refractivity contribution in [2.75, 3.05) is 11.9 Å². The SMILES string of the molecule is CN(c1cncc(C(=O)O)n1)C1CC1. The Morgan fingerprint density at radius 3 is 2.86 bits per heavy atom. The van der Waals surface area contributed by atoms with Gasteiger partial charge in [0.2, 0.25) is 0 Å². The Bertz CT molecular complexity index is 363. The minimum Gasteiger partial charge on any atom is -0.476 e. The molecule has 1 N–H and O–H groups in total. The summed E-state index contributed by atoms with van der Waals surface area (Å²) in [6.07, 6.45) is 5.14. The van der Waals surface area contributed by atoms with Crippen LogP contribution in [0, 0.1) is 0 Å². The molecular formula is C9H11N3O2. The normalized spacial score (nSPS) is 15.2. The predicted molar refractivity (Wildman–Crippen MR) is 50.4 cm³/mol. The van der Waals surface area contributed by atoms with Crippen molar-refractivity contribution in [3.8, 4) is 0 Å². The molecule has 0 saturated heterocycles. The average molecular weight is 193 g/mol. The van der Waals surface area contributed by atoms with E-state index in [1.807, 2.05) is 11.9 Å². The molecule has 0 radical (unpaired) electrons. The Balaban J connectivity index is 2.24. The zero-order valence-electron chi connectivity index (χ0n) is 7.84. The summed E-state index contributed by atoms with van der Waals surface area (Å²) >= 11 is 0. The van der Waals surface area contributed by atoms with Crippen LogP contribution in [0.4, 0.5) is 5.82 Å². The molecule has 5 nitrogen and oxygen atoms in total. The highest BCUT2D eigenvalue weighted by Crippen LogP contribution is 2.28. The van der Waals surface area contributed by atoms with Crippen LogP contribution in [0.3, 0.4) is 0 Å². The molecule has 1 heterocycles. The molecule has 1 saturated carbocycles. The summed E-state index contributed by atoms with van der Waals surface area (Å²) in [7, 11) is 1.91. The van der Waals surface area contributed by atoms with Gasteiger partial charge in [-0.05, 0) is 12.8 Å². The molecule has 0 aliphatic heterocycles. The highest BCUT2D eigenvalue weighted by molar-refractivity contribution is 5.85. The Morgan fingerprint density at radius 2 is 2.29 bits per heavy atom. The molecule has 1 aromatic heterocycles. The van der Waals surface area contributed by atoms with E-state index in [9.17, 15) is 4.79 Å². The van der Waals surface area contributed by atoms with Crippen LogP contribution in [0.2, 0.25) is 0 Å².